The first-order valence-corrected chi connectivity index (χ1v) is 7.96. The normalized spacial score (nSPS) is 16.2. The summed E-state index contributed by atoms with van der Waals surface area (Å²) in [7, 11) is 0. The van der Waals surface area contributed by atoms with E-state index in [-0.39, 0.29) is 5.78 Å². The summed E-state index contributed by atoms with van der Waals surface area (Å²) in [6.07, 6.45) is 1.09. The lowest BCUT2D eigenvalue weighted by molar-refractivity contribution is -0.116. The van der Waals surface area contributed by atoms with Crippen molar-refractivity contribution in [2.45, 2.75) is 13.3 Å². The molecule has 2 rings (SSSR count). The molecular formula is C16H24ClN3O. The van der Waals surface area contributed by atoms with Crippen LogP contribution in [-0.4, -0.2) is 56.5 Å². The van der Waals surface area contributed by atoms with Gasteiger partial charge in [-0.05, 0) is 44.6 Å². The van der Waals surface area contributed by atoms with Crippen LogP contribution >= 0.6 is 11.6 Å². The monoisotopic (exact) mass is 309 g/mol. The standard InChI is InChI=1S/C16H24ClN3O/c1-14(21)13-18-6-3-7-19-8-10-20(11-9-19)16-5-2-4-15(17)12-16/h2,4-5,12,18H,3,6-11,13H2,1H3. The van der Waals surface area contributed by atoms with Crippen LogP contribution in [0, 0.1) is 0 Å². The van der Waals surface area contributed by atoms with Crippen LogP contribution in [0.2, 0.25) is 5.02 Å². The molecule has 0 saturated carbocycles. The lowest BCUT2D eigenvalue weighted by Gasteiger charge is -2.36. The van der Waals surface area contributed by atoms with E-state index in [0.717, 1.165) is 50.7 Å². The highest BCUT2D eigenvalue weighted by molar-refractivity contribution is 6.30. The second-order valence-corrected chi connectivity index (χ2v) is 5.98. The minimum absolute atomic E-state index is 0.199. The molecule has 1 aliphatic heterocycles. The van der Waals surface area contributed by atoms with E-state index in [4.69, 9.17) is 11.6 Å². The Kier molecular flexibility index (Phi) is 6.49. The van der Waals surface area contributed by atoms with Crippen molar-refractivity contribution in [3.05, 3.63) is 29.3 Å². The van der Waals surface area contributed by atoms with Gasteiger partial charge in [-0.3, -0.25) is 9.69 Å². The summed E-state index contributed by atoms with van der Waals surface area (Å²) in [6.45, 7) is 8.36. The Hall–Kier alpha value is -1.10. The number of hydrogen-bond donors (Lipinski definition) is 1. The molecule has 0 spiro atoms. The summed E-state index contributed by atoms with van der Waals surface area (Å²) < 4.78 is 0. The highest BCUT2D eigenvalue weighted by Gasteiger charge is 2.16. The fourth-order valence-electron chi connectivity index (χ4n) is 2.59. The summed E-state index contributed by atoms with van der Waals surface area (Å²) in [5, 5.41) is 3.96. The van der Waals surface area contributed by atoms with Gasteiger partial charge >= 0.3 is 0 Å². The molecule has 1 heterocycles. The van der Waals surface area contributed by atoms with Crippen LogP contribution < -0.4 is 10.2 Å². The molecule has 21 heavy (non-hydrogen) atoms. The zero-order valence-electron chi connectivity index (χ0n) is 12.6. The number of nitrogens with zero attached hydrogens (tertiary/aromatic N) is 2. The van der Waals surface area contributed by atoms with Gasteiger partial charge in [0.15, 0.2) is 0 Å². The number of Topliss-reactive ketones (excluding diaryl/α,β-unsaturated/α-hetero) is 1. The van der Waals surface area contributed by atoms with Crippen LogP contribution in [0.4, 0.5) is 5.69 Å². The third-order valence-electron chi connectivity index (χ3n) is 3.75. The fourth-order valence-corrected chi connectivity index (χ4v) is 2.78. The van der Waals surface area contributed by atoms with Gasteiger partial charge in [-0.1, -0.05) is 17.7 Å². The molecule has 0 atom stereocenters. The highest BCUT2D eigenvalue weighted by Crippen LogP contribution is 2.20. The van der Waals surface area contributed by atoms with Crippen molar-refractivity contribution in [3.63, 3.8) is 0 Å². The Bertz CT molecular complexity index is 459. The summed E-state index contributed by atoms with van der Waals surface area (Å²) >= 11 is 6.05. The number of halogens is 1. The molecule has 0 aliphatic carbocycles. The first-order valence-electron chi connectivity index (χ1n) is 7.58. The largest absolute Gasteiger partial charge is 0.369 e. The van der Waals surface area contributed by atoms with Crippen molar-refractivity contribution in [2.24, 2.45) is 0 Å². The Morgan fingerprint density at radius 3 is 2.71 bits per heavy atom. The van der Waals surface area contributed by atoms with E-state index in [0.29, 0.717) is 6.54 Å². The van der Waals surface area contributed by atoms with Crippen molar-refractivity contribution in [2.75, 3.05) is 50.7 Å². The Morgan fingerprint density at radius 2 is 2.05 bits per heavy atom. The fraction of sp³-hybridized carbons (Fsp3) is 0.562. The Balaban J connectivity index is 1.65. The number of nitrogens with one attached hydrogen (secondary N) is 1. The minimum atomic E-state index is 0.199. The number of anilines is 1. The first kappa shape index (κ1) is 16.3. The van der Waals surface area contributed by atoms with Gasteiger partial charge in [0.2, 0.25) is 0 Å². The van der Waals surface area contributed by atoms with Gasteiger partial charge in [0.1, 0.15) is 5.78 Å². The third kappa shape index (κ3) is 5.65. The molecule has 116 valence electrons. The molecule has 1 N–H and O–H groups in total. The van der Waals surface area contributed by atoms with Crippen LogP contribution in [0.25, 0.3) is 0 Å². The van der Waals surface area contributed by atoms with Gasteiger partial charge in [0.05, 0.1) is 6.54 Å². The van der Waals surface area contributed by atoms with Crippen LogP contribution in [0.1, 0.15) is 13.3 Å². The predicted molar refractivity (Wildman–Crippen MR) is 88.3 cm³/mol. The molecule has 1 aliphatic rings. The van der Waals surface area contributed by atoms with Crippen molar-refractivity contribution in [3.8, 4) is 0 Å². The second-order valence-electron chi connectivity index (χ2n) is 5.54. The van der Waals surface area contributed by atoms with E-state index in [1.807, 2.05) is 18.2 Å². The van der Waals surface area contributed by atoms with Gasteiger partial charge in [-0.15, -0.1) is 0 Å². The lowest BCUT2D eigenvalue weighted by Crippen LogP contribution is -2.47. The number of carbonyl (C=O) groups excluding carboxylic acids is 1. The van der Waals surface area contributed by atoms with Crippen molar-refractivity contribution < 1.29 is 4.79 Å². The van der Waals surface area contributed by atoms with E-state index < -0.39 is 0 Å². The van der Waals surface area contributed by atoms with Crippen LogP contribution in [0.3, 0.4) is 0 Å². The number of ketones is 1. The topological polar surface area (TPSA) is 35.6 Å². The zero-order valence-corrected chi connectivity index (χ0v) is 13.4. The molecule has 0 bridgehead atoms. The number of hydrogen-bond acceptors (Lipinski definition) is 4. The van der Waals surface area contributed by atoms with Crippen molar-refractivity contribution in [1.29, 1.82) is 0 Å². The third-order valence-corrected chi connectivity index (χ3v) is 3.98. The molecular weight excluding hydrogens is 286 g/mol. The van der Waals surface area contributed by atoms with E-state index >= 15 is 0 Å². The van der Waals surface area contributed by atoms with Crippen molar-refractivity contribution >= 4 is 23.1 Å². The van der Waals surface area contributed by atoms with Gasteiger partial charge in [0.25, 0.3) is 0 Å². The van der Waals surface area contributed by atoms with Crippen LogP contribution in [0.5, 0.6) is 0 Å². The molecule has 1 aromatic carbocycles. The molecule has 4 nitrogen and oxygen atoms in total. The van der Waals surface area contributed by atoms with Crippen LogP contribution in [0.15, 0.2) is 24.3 Å². The number of piperazine rings is 1. The predicted octanol–water partition coefficient (Wildman–Crippen LogP) is 2.03. The minimum Gasteiger partial charge on any atom is -0.369 e. The second kappa shape index (κ2) is 8.37. The van der Waals surface area contributed by atoms with E-state index in [1.165, 1.54) is 5.69 Å². The SMILES string of the molecule is CC(=O)CNCCCN1CCN(c2cccc(Cl)c2)CC1. The molecule has 0 unspecified atom stereocenters. The number of rotatable bonds is 7. The van der Waals surface area contributed by atoms with Gasteiger partial charge in [0, 0.05) is 36.9 Å². The average Bonchev–Trinajstić information content (AvgIpc) is 2.47. The average molecular weight is 310 g/mol. The zero-order chi connectivity index (χ0) is 15.1. The van der Waals surface area contributed by atoms with Gasteiger partial charge in [-0.25, -0.2) is 0 Å². The molecule has 1 fully saturated rings. The van der Waals surface area contributed by atoms with Gasteiger partial charge < -0.3 is 10.2 Å². The highest BCUT2D eigenvalue weighted by atomic mass is 35.5. The summed E-state index contributed by atoms with van der Waals surface area (Å²) in [6, 6.07) is 8.07. The summed E-state index contributed by atoms with van der Waals surface area (Å²) in [4.78, 5) is 15.7. The van der Waals surface area contributed by atoms with Crippen molar-refractivity contribution in [1.82, 2.24) is 10.2 Å². The lowest BCUT2D eigenvalue weighted by atomic mass is 10.2. The smallest absolute Gasteiger partial charge is 0.143 e. The molecule has 1 aromatic rings. The van der Waals surface area contributed by atoms with Gasteiger partial charge in [-0.2, -0.15) is 0 Å². The number of benzene rings is 1. The maximum Gasteiger partial charge on any atom is 0.143 e. The van der Waals surface area contributed by atoms with E-state index in [9.17, 15) is 4.79 Å². The number of carbonyl (C=O) groups is 1. The summed E-state index contributed by atoms with van der Waals surface area (Å²) in [5.41, 5.74) is 1.21. The maximum absolute atomic E-state index is 10.8. The Labute approximate surface area is 132 Å². The summed E-state index contributed by atoms with van der Waals surface area (Å²) in [5.74, 6) is 0.199. The molecule has 0 amide bonds. The first-order chi connectivity index (χ1) is 10.1. The maximum atomic E-state index is 10.8. The Morgan fingerprint density at radius 1 is 1.29 bits per heavy atom. The molecule has 1 saturated heterocycles. The molecule has 0 radical (unpaired) electrons. The van der Waals surface area contributed by atoms with Crippen LogP contribution in [-0.2, 0) is 4.79 Å². The van der Waals surface area contributed by atoms with E-state index in [1.54, 1.807) is 6.92 Å². The molecule has 0 aromatic heterocycles. The quantitative estimate of drug-likeness (QED) is 0.782. The molecule has 5 heteroatoms. The van der Waals surface area contributed by atoms with E-state index in [2.05, 4.69) is 21.2 Å².